The van der Waals surface area contributed by atoms with E-state index in [9.17, 15) is 29.0 Å². The van der Waals surface area contributed by atoms with Crippen molar-refractivity contribution in [2.75, 3.05) is 5.73 Å². The first-order valence-electron chi connectivity index (χ1n) is 5.71. The van der Waals surface area contributed by atoms with E-state index in [2.05, 4.69) is 15.9 Å². The van der Waals surface area contributed by atoms with Gasteiger partial charge in [0, 0.05) is 5.56 Å². The van der Waals surface area contributed by atoms with Crippen molar-refractivity contribution in [1.82, 2.24) is 4.98 Å². The van der Waals surface area contributed by atoms with E-state index in [1.54, 1.807) is 0 Å². The molecule has 1 aromatic carbocycles. The van der Waals surface area contributed by atoms with Crippen molar-refractivity contribution in [1.29, 1.82) is 0 Å². The third kappa shape index (κ3) is 2.58. The topological polar surface area (TPSA) is 133 Å². The van der Waals surface area contributed by atoms with Gasteiger partial charge in [0.1, 0.15) is 22.8 Å². The first kappa shape index (κ1) is 15.7. The molecule has 0 spiro atoms. The number of aromatic nitrogens is 1. The van der Waals surface area contributed by atoms with Crippen LogP contribution in [0.4, 0.5) is 10.2 Å². The average molecular weight is 371 g/mol. The van der Waals surface area contributed by atoms with E-state index in [0.717, 1.165) is 12.1 Å². The summed E-state index contributed by atoms with van der Waals surface area (Å²) in [6.07, 6.45) is 0. The second-order valence-corrected chi connectivity index (χ2v) is 5.09. The lowest BCUT2D eigenvalue weighted by molar-refractivity contribution is 0.0695. The zero-order valence-corrected chi connectivity index (χ0v) is 12.3. The molecule has 9 heteroatoms. The number of nitrogens with two attached hydrogens (primary N) is 1. The predicted octanol–water partition coefficient (Wildman–Crippen LogP) is 1.92. The number of nitrogens with one attached hydrogen (secondary N) is 1. The maximum Gasteiger partial charge on any atom is 0.342 e. The third-order valence-electron chi connectivity index (χ3n) is 2.88. The number of pyridine rings is 1. The summed E-state index contributed by atoms with van der Waals surface area (Å²) in [6, 6.07) is 3.34. The zero-order valence-electron chi connectivity index (χ0n) is 10.7. The number of halogens is 2. The molecular formula is C13H8BrFN2O5. The van der Waals surface area contributed by atoms with Crippen molar-refractivity contribution in [3.63, 3.8) is 0 Å². The summed E-state index contributed by atoms with van der Waals surface area (Å²) in [6.45, 7) is 0. The van der Waals surface area contributed by atoms with Gasteiger partial charge in [0.15, 0.2) is 0 Å². The van der Waals surface area contributed by atoms with Crippen molar-refractivity contribution < 1.29 is 24.2 Å². The number of hydrogen-bond donors (Lipinski definition) is 4. The van der Waals surface area contributed by atoms with Crippen molar-refractivity contribution in [3.8, 4) is 11.1 Å². The average Bonchev–Trinajstić information content (AvgIpc) is 2.39. The lowest BCUT2D eigenvalue weighted by Crippen LogP contribution is -2.24. The highest BCUT2D eigenvalue weighted by Crippen LogP contribution is 2.31. The standard InChI is InChI=1S/C13H8BrFN2O5/c14-5-3-4(1-2-6(5)15)7-8(12(19)20)10(16)17-11(18)9(7)13(21)22/h1-3H,(H,19,20)(H,21,22)(H3,16,17,18). The van der Waals surface area contributed by atoms with Crippen LogP contribution < -0.4 is 11.3 Å². The Bertz CT molecular complexity index is 862. The molecule has 0 aliphatic carbocycles. The number of aromatic carboxylic acids is 2. The molecule has 0 unspecified atom stereocenters. The van der Waals surface area contributed by atoms with Gasteiger partial charge in [-0.15, -0.1) is 0 Å². The quantitative estimate of drug-likeness (QED) is 0.652. The Hall–Kier alpha value is -2.68. The highest BCUT2D eigenvalue weighted by atomic mass is 79.9. The Kier molecular flexibility index (Phi) is 4.00. The molecule has 0 fully saturated rings. The number of nitrogen functional groups attached to an aromatic ring is 1. The Morgan fingerprint density at radius 2 is 1.77 bits per heavy atom. The van der Waals surface area contributed by atoms with Crippen molar-refractivity contribution in [2.24, 2.45) is 0 Å². The number of carboxylic acid groups (broad SMARTS) is 2. The summed E-state index contributed by atoms with van der Waals surface area (Å²) in [4.78, 5) is 36.5. The Morgan fingerprint density at radius 3 is 2.27 bits per heavy atom. The Labute approximate surface area is 130 Å². The van der Waals surface area contributed by atoms with Gasteiger partial charge in [-0.25, -0.2) is 14.0 Å². The van der Waals surface area contributed by atoms with Crippen LogP contribution in [0.2, 0.25) is 0 Å². The highest BCUT2D eigenvalue weighted by molar-refractivity contribution is 9.10. The van der Waals surface area contributed by atoms with E-state index >= 15 is 0 Å². The number of hydrogen-bond acceptors (Lipinski definition) is 4. The van der Waals surface area contributed by atoms with Gasteiger partial charge in [0.2, 0.25) is 0 Å². The summed E-state index contributed by atoms with van der Waals surface area (Å²) in [7, 11) is 0. The highest BCUT2D eigenvalue weighted by Gasteiger charge is 2.26. The van der Waals surface area contributed by atoms with E-state index in [4.69, 9.17) is 5.73 Å². The van der Waals surface area contributed by atoms with E-state index in [1.165, 1.54) is 6.07 Å². The second-order valence-electron chi connectivity index (χ2n) is 4.23. The summed E-state index contributed by atoms with van der Waals surface area (Å²) in [5.74, 6) is -4.26. The molecule has 5 N–H and O–H groups in total. The maximum atomic E-state index is 13.3. The maximum absolute atomic E-state index is 13.3. The molecule has 114 valence electrons. The summed E-state index contributed by atoms with van der Waals surface area (Å²) in [5, 5.41) is 18.4. The monoisotopic (exact) mass is 370 g/mol. The smallest absolute Gasteiger partial charge is 0.342 e. The molecule has 0 saturated carbocycles. The van der Waals surface area contributed by atoms with E-state index in [0.29, 0.717) is 0 Å². The SMILES string of the molecule is Nc1[nH]c(=O)c(C(=O)O)c(-c2ccc(F)c(Br)c2)c1C(=O)O. The lowest BCUT2D eigenvalue weighted by atomic mass is 9.95. The number of aromatic amines is 1. The van der Waals surface area contributed by atoms with Crippen LogP contribution in [0.3, 0.4) is 0 Å². The fourth-order valence-electron chi connectivity index (χ4n) is 1.99. The van der Waals surface area contributed by atoms with Crippen molar-refractivity contribution >= 4 is 33.7 Å². The molecule has 1 heterocycles. The molecule has 0 bridgehead atoms. The molecule has 0 amide bonds. The van der Waals surface area contributed by atoms with Gasteiger partial charge in [-0.3, -0.25) is 4.79 Å². The fourth-order valence-corrected chi connectivity index (χ4v) is 2.37. The van der Waals surface area contributed by atoms with Crippen LogP contribution in [-0.2, 0) is 0 Å². The van der Waals surface area contributed by atoms with Crippen LogP contribution in [-0.4, -0.2) is 27.1 Å². The minimum absolute atomic E-state index is 0.0171. The van der Waals surface area contributed by atoms with E-state index in [-0.39, 0.29) is 15.6 Å². The lowest BCUT2D eigenvalue weighted by Gasteiger charge is -2.12. The summed E-state index contributed by atoms with van der Waals surface area (Å²) < 4.78 is 13.3. The minimum atomic E-state index is -1.63. The van der Waals surface area contributed by atoms with Crippen LogP contribution >= 0.6 is 15.9 Å². The van der Waals surface area contributed by atoms with Gasteiger partial charge >= 0.3 is 11.9 Å². The number of carbonyl (C=O) groups is 2. The van der Waals surface area contributed by atoms with E-state index < -0.39 is 40.3 Å². The van der Waals surface area contributed by atoms with Gasteiger partial charge in [0.05, 0.1) is 4.47 Å². The van der Waals surface area contributed by atoms with Crippen LogP contribution in [0.25, 0.3) is 11.1 Å². The van der Waals surface area contributed by atoms with Gasteiger partial charge < -0.3 is 20.9 Å². The van der Waals surface area contributed by atoms with E-state index in [1.807, 2.05) is 4.98 Å². The number of H-pyrrole nitrogens is 1. The molecule has 0 atom stereocenters. The number of carboxylic acids is 2. The van der Waals surface area contributed by atoms with Crippen LogP contribution in [0.15, 0.2) is 27.5 Å². The molecule has 1 aromatic heterocycles. The molecule has 0 aliphatic rings. The molecule has 2 aromatic rings. The Balaban J connectivity index is 2.98. The number of anilines is 1. The van der Waals surface area contributed by atoms with Crippen molar-refractivity contribution in [2.45, 2.75) is 0 Å². The first-order valence-corrected chi connectivity index (χ1v) is 6.51. The third-order valence-corrected chi connectivity index (χ3v) is 3.49. The largest absolute Gasteiger partial charge is 0.478 e. The molecule has 0 aliphatic heterocycles. The molecule has 0 saturated heterocycles. The van der Waals surface area contributed by atoms with Crippen molar-refractivity contribution in [3.05, 3.63) is 50.0 Å². The molecule has 7 nitrogen and oxygen atoms in total. The predicted molar refractivity (Wildman–Crippen MR) is 78.5 cm³/mol. The summed E-state index contributed by atoms with van der Waals surface area (Å²) in [5.41, 5.74) is 2.71. The summed E-state index contributed by atoms with van der Waals surface area (Å²) >= 11 is 2.92. The normalized spacial score (nSPS) is 10.5. The number of benzene rings is 1. The molecule has 0 radical (unpaired) electrons. The zero-order chi connectivity index (χ0) is 16.6. The fraction of sp³-hybridized carbons (Fsp3) is 0. The molecular weight excluding hydrogens is 363 g/mol. The van der Waals surface area contributed by atoms with Crippen LogP contribution in [0.1, 0.15) is 20.7 Å². The Morgan fingerprint density at radius 1 is 1.18 bits per heavy atom. The first-order chi connectivity index (χ1) is 10.2. The molecule has 22 heavy (non-hydrogen) atoms. The van der Waals surface area contributed by atoms with Crippen LogP contribution in [0.5, 0.6) is 0 Å². The number of rotatable bonds is 3. The second kappa shape index (κ2) is 5.60. The van der Waals surface area contributed by atoms with Gasteiger partial charge in [-0.1, -0.05) is 6.07 Å². The van der Waals surface area contributed by atoms with Gasteiger partial charge in [-0.05, 0) is 33.6 Å². The minimum Gasteiger partial charge on any atom is -0.478 e. The van der Waals surface area contributed by atoms with Gasteiger partial charge in [-0.2, -0.15) is 0 Å². The molecule has 2 rings (SSSR count). The van der Waals surface area contributed by atoms with Gasteiger partial charge in [0.25, 0.3) is 5.56 Å². The van der Waals surface area contributed by atoms with Crippen LogP contribution in [0, 0.1) is 5.82 Å².